The minimum Gasteiger partial charge on any atom is -0.378 e. The van der Waals surface area contributed by atoms with Crippen LogP contribution in [-0.4, -0.2) is 62.1 Å². The normalized spacial score (nSPS) is 27.8. The Hall–Kier alpha value is -0.850. The van der Waals surface area contributed by atoms with E-state index in [1.165, 1.54) is 0 Å². The van der Waals surface area contributed by atoms with Crippen LogP contribution in [0.4, 0.5) is 0 Å². The maximum atomic E-state index is 11.7. The molecule has 2 unspecified atom stereocenters. The number of amides is 2. The highest BCUT2D eigenvalue weighted by molar-refractivity contribution is 5.85. The molecule has 2 rings (SSSR count). The van der Waals surface area contributed by atoms with Crippen molar-refractivity contribution in [1.29, 1.82) is 0 Å². The lowest BCUT2D eigenvalue weighted by molar-refractivity contribution is -0.126. The molecule has 2 saturated heterocycles. The van der Waals surface area contributed by atoms with Gasteiger partial charge in [0.1, 0.15) is 0 Å². The van der Waals surface area contributed by atoms with Gasteiger partial charge in [-0.15, -0.1) is 12.4 Å². The summed E-state index contributed by atoms with van der Waals surface area (Å²) in [7, 11) is 1.75. The summed E-state index contributed by atoms with van der Waals surface area (Å²) in [5.74, 6) is 0.0792. The fraction of sp³-hybridized carbons (Fsp3) is 0.818. The quantitative estimate of drug-likeness (QED) is 0.704. The molecule has 0 spiro atoms. The van der Waals surface area contributed by atoms with Crippen LogP contribution in [0.5, 0.6) is 0 Å². The van der Waals surface area contributed by atoms with E-state index in [0.717, 1.165) is 6.54 Å². The molecular formula is C11H20ClN3O3. The summed E-state index contributed by atoms with van der Waals surface area (Å²) < 4.78 is 5.28. The molecule has 7 heteroatoms. The van der Waals surface area contributed by atoms with E-state index in [1.807, 2.05) is 0 Å². The van der Waals surface area contributed by atoms with Gasteiger partial charge in [-0.1, -0.05) is 0 Å². The number of ether oxygens (including phenoxy) is 1. The fourth-order valence-corrected chi connectivity index (χ4v) is 2.22. The van der Waals surface area contributed by atoms with Gasteiger partial charge in [0, 0.05) is 39.0 Å². The van der Waals surface area contributed by atoms with Crippen LogP contribution in [0.25, 0.3) is 0 Å². The largest absolute Gasteiger partial charge is 0.378 e. The van der Waals surface area contributed by atoms with E-state index in [0.29, 0.717) is 32.6 Å². The van der Waals surface area contributed by atoms with Crippen molar-refractivity contribution in [3.63, 3.8) is 0 Å². The van der Waals surface area contributed by atoms with E-state index >= 15 is 0 Å². The topological polar surface area (TPSA) is 70.7 Å². The van der Waals surface area contributed by atoms with Crippen LogP contribution >= 0.6 is 12.4 Å². The van der Waals surface area contributed by atoms with E-state index in [-0.39, 0.29) is 36.3 Å². The lowest BCUT2D eigenvalue weighted by Crippen LogP contribution is -2.46. The Bertz CT molecular complexity index is 308. The Labute approximate surface area is 113 Å². The van der Waals surface area contributed by atoms with E-state index < -0.39 is 0 Å². The minimum atomic E-state index is -0.0375. The second-order valence-corrected chi connectivity index (χ2v) is 4.67. The van der Waals surface area contributed by atoms with Crippen LogP contribution in [0.15, 0.2) is 0 Å². The Morgan fingerprint density at radius 2 is 2.39 bits per heavy atom. The van der Waals surface area contributed by atoms with Gasteiger partial charge in [0.15, 0.2) is 0 Å². The average molecular weight is 278 g/mol. The fourth-order valence-electron chi connectivity index (χ4n) is 2.22. The summed E-state index contributed by atoms with van der Waals surface area (Å²) in [5.41, 5.74) is 0. The van der Waals surface area contributed by atoms with Crippen LogP contribution in [0.1, 0.15) is 12.8 Å². The zero-order valence-corrected chi connectivity index (χ0v) is 11.3. The van der Waals surface area contributed by atoms with Gasteiger partial charge in [0.25, 0.3) is 0 Å². The molecule has 0 radical (unpaired) electrons. The van der Waals surface area contributed by atoms with Crippen LogP contribution in [0.2, 0.25) is 0 Å². The Balaban J connectivity index is 0.00000162. The minimum absolute atomic E-state index is 0. The first kappa shape index (κ1) is 15.2. The zero-order chi connectivity index (χ0) is 12.3. The number of likely N-dealkylation sites (N-methyl/N-ethyl adjacent to an activating group) is 1. The molecule has 6 nitrogen and oxygen atoms in total. The lowest BCUT2D eigenvalue weighted by atomic mass is 10.1. The molecule has 2 aliphatic heterocycles. The van der Waals surface area contributed by atoms with E-state index in [1.54, 1.807) is 11.9 Å². The standard InChI is InChI=1S/C11H19N3O3.ClH/c1-14-6-8(5-11(14)16)13-10(15)4-9-7-17-3-2-12-9;/h8-9,12H,2-7H2,1H3,(H,13,15);1H. The van der Waals surface area contributed by atoms with Crippen molar-refractivity contribution in [3.05, 3.63) is 0 Å². The predicted molar refractivity (Wildman–Crippen MR) is 68.7 cm³/mol. The molecule has 0 aliphatic carbocycles. The lowest BCUT2D eigenvalue weighted by Gasteiger charge is -2.23. The second-order valence-electron chi connectivity index (χ2n) is 4.67. The summed E-state index contributed by atoms with van der Waals surface area (Å²) in [6.07, 6.45) is 0.825. The summed E-state index contributed by atoms with van der Waals surface area (Å²) in [4.78, 5) is 24.7. The van der Waals surface area contributed by atoms with Crippen LogP contribution in [0, 0.1) is 0 Å². The van der Waals surface area contributed by atoms with Gasteiger partial charge in [0.2, 0.25) is 11.8 Å². The predicted octanol–water partition coefficient (Wildman–Crippen LogP) is -0.866. The maximum absolute atomic E-state index is 11.7. The van der Waals surface area contributed by atoms with Crippen molar-refractivity contribution in [1.82, 2.24) is 15.5 Å². The number of halogens is 1. The third kappa shape index (κ3) is 4.12. The summed E-state index contributed by atoms with van der Waals surface area (Å²) >= 11 is 0. The highest BCUT2D eigenvalue weighted by atomic mass is 35.5. The average Bonchev–Trinajstić information content (AvgIpc) is 2.59. The van der Waals surface area contributed by atoms with Crippen molar-refractivity contribution in [2.45, 2.75) is 24.9 Å². The van der Waals surface area contributed by atoms with E-state index in [2.05, 4.69) is 10.6 Å². The number of rotatable bonds is 3. The number of nitrogens with zero attached hydrogens (tertiary/aromatic N) is 1. The molecular weight excluding hydrogens is 258 g/mol. The smallest absolute Gasteiger partial charge is 0.224 e. The number of carbonyl (C=O) groups is 2. The molecule has 0 aromatic heterocycles. The zero-order valence-electron chi connectivity index (χ0n) is 10.5. The van der Waals surface area contributed by atoms with Crippen molar-refractivity contribution in [2.75, 3.05) is 33.4 Å². The molecule has 0 bridgehead atoms. The summed E-state index contributed by atoms with van der Waals surface area (Å²) in [5, 5.41) is 6.12. The van der Waals surface area contributed by atoms with Crippen LogP contribution in [0.3, 0.4) is 0 Å². The molecule has 0 aromatic rings. The molecule has 2 N–H and O–H groups in total. The first-order valence-electron chi connectivity index (χ1n) is 5.99. The van der Waals surface area contributed by atoms with Gasteiger partial charge in [0.05, 0.1) is 19.3 Å². The maximum Gasteiger partial charge on any atom is 0.224 e. The van der Waals surface area contributed by atoms with Crippen molar-refractivity contribution >= 4 is 24.2 Å². The number of carbonyl (C=O) groups excluding carboxylic acids is 2. The van der Waals surface area contributed by atoms with Crippen molar-refractivity contribution < 1.29 is 14.3 Å². The first-order chi connectivity index (χ1) is 8.15. The van der Waals surface area contributed by atoms with Gasteiger partial charge in [-0.2, -0.15) is 0 Å². The monoisotopic (exact) mass is 277 g/mol. The van der Waals surface area contributed by atoms with Gasteiger partial charge in [-0.3, -0.25) is 9.59 Å². The van der Waals surface area contributed by atoms with Crippen molar-refractivity contribution in [3.8, 4) is 0 Å². The van der Waals surface area contributed by atoms with E-state index in [9.17, 15) is 9.59 Å². The number of nitrogens with one attached hydrogen (secondary N) is 2. The number of likely N-dealkylation sites (tertiary alicyclic amines) is 1. The van der Waals surface area contributed by atoms with Crippen LogP contribution in [-0.2, 0) is 14.3 Å². The third-order valence-electron chi connectivity index (χ3n) is 3.14. The number of hydrogen-bond donors (Lipinski definition) is 2. The van der Waals surface area contributed by atoms with Crippen LogP contribution < -0.4 is 10.6 Å². The molecule has 2 heterocycles. The third-order valence-corrected chi connectivity index (χ3v) is 3.14. The molecule has 2 amide bonds. The molecule has 2 aliphatic rings. The summed E-state index contributed by atoms with van der Waals surface area (Å²) in [6.45, 7) is 2.69. The molecule has 0 aromatic carbocycles. The van der Waals surface area contributed by atoms with Gasteiger partial charge >= 0.3 is 0 Å². The molecule has 18 heavy (non-hydrogen) atoms. The molecule has 2 fully saturated rings. The first-order valence-corrected chi connectivity index (χ1v) is 5.99. The molecule has 0 saturated carbocycles. The highest BCUT2D eigenvalue weighted by Crippen LogP contribution is 2.09. The van der Waals surface area contributed by atoms with Gasteiger partial charge < -0.3 is 20.3 Å². The van der Waals surface area contributed by atoms with Gasteiger partial charge in [-0.25, -0.2) is 0 Å². The Kier molecular flexibility index (Phi) is 5.84. The van der Waals surface area contributed by atoms with E-state index in [4.69, 9.17) is 4.74 Å². The van der Waals surface area contributed by atoms with Gasteiger partial charge in [-0.05, 0) is 0 Å². The summed E-state index contributed by atoms with van der Waals surface area (Å²) in [6, 6.07) is 0.0584. The molecule has 2 atom stereocenters. The Morgan fingerprint density at radius 1 is 1.61 bits per heavy atom. The second kappa shape index (κ2) is 6.92. The molecule has 104 valence electrons. The Morgan fingerprint density at radius 3 is 2.94 bits per heavy atom. The highest BCUT2D eigenvalue weighted by Gasteiger charge is 2.28. The number of morpholine rings is 1. The SMILES string of the molecule is CN1CC(NC(=O)CC2COCCN2)CC1=O.Cl. The number of hydrogen-bond acceptors (Lipinski definition) is 4. The van der Waals surface area contributed by atoms with Crippen molar-refractivity contribution in [2.24, 2.45) is 0 Å².